The number of ether oxygens (including phenoxy) is 1. The van der Waals surface area contributed by atoms with Crippen molar-refractivity contribution in [1.29, 1.82) is 5.41 Å². The fourth-order valence-electron chi connectivity index (χ4n) is 8.19. The molecule has 5 nitrogen and oxygen atoms in total. The molecule has 5 aromatic rings. The van der Waals surface area contributed by atoms with Gasteiger partial charge in [0.05, 0.1) is 12.0 Å². The third kappa shape index (κ3) is 6.49. The first-order valence-corrected chi connectivity index (χ1v) is 18.7. The van der Waals surface area contributed by atoms with Gasteiger partial charge in [-0.15, -0.1) is 0 Å². The van der Waals surface area contributed by atoms with E-state index in [4.69, 9.17) is 20.9 Å². The number of rotatable bonds is 7. The van der Waals surface area contributed by atoms with Crippen molar-refractivity contribution < 1.29 is 4.74 Å². The Kier molecular flexibility index (Phi) is 8.78. The van der Waals surface area contributed by atoms with Crippen LogP contribution < -0.4 is 11.1 Å². The van der Waals surface area contributed by atoms with Crippen LogP contribution in [0.1, 0.15) is 69.6 Å². The highest BCUT2D eigenvalue weighted by atomic mass is 16.5. The number of benzene rings is 5. The van der Waals surface area contributed by atoms with Gasteiger partial charge < -0.3 is 10.1 Å². The summed E-state index contributed by atoms with van der Waals surface area (Å²) in [6.07, 6.45) is 21.4. The van der Waals surface area contributed by atoms with Crippen molar-refractivity contribution in [2.24, 2.45) is 22.6 Å². The van der Waals surface area contributed by atoms with Crippen molar-refractivity contribution in [3.63, 3.8) is 0 Å². The number of fused-ring (bicyclic) bond motifs is 6. The lowest BCUT2D eigenvalue weighted by atomic mass is 9.75. The van der Waals surface area contributed by atoms with Gasteiger partial charge in [-0.2, -0.15) is 0 Å². The van der Waals surface area contributed by atoms with Crippen molar-refractivity contribution in [3.8, 4) is 0 Å². The molecule has 260 valence electrons. The van der Waals surface area contributed by atoms with Crippen LogP contribution in [-0.2, 0) is 17.6 Å². The molecule has 5 aromatic carbocycles. The van der Waals surface area contributed by atoms with Crippen LogP contribution in [0.25, 0.3) is 28.6 Å². The Bertz CT molecular complexity index is 2380. The van der Waals surface area contributed by atoms with Gasteiger partial charge in [0.25, 0.3) is 0 Å². The second-order valence-corrected chi connectivity index (χ2v) is 14.3. The Morgan fingerprint density at radius 2 is 1.55 bits per heavy atom. The number of nitrogens with zero attached hydrogens (tertiary/aromatic N) is 1. The Morgan fingerprint density at radius 3 is 2.32 bits per heavy atom. The van der Waals surface area contributed by atoms with Gasteiger partial charge >= 0.3 is 0 Å². The molecule has 0 bridgehead atoms. The molecule has 1 aliphatic heterocycles. The molecule has 4 aliphatic rings. The first-order valence-electron chi connectivity index (χ1n) is 18.7. The minimum absolute atomic E-state index is 0.0843. The fraction of sp³-hybridized carbons (Fsp3) is 0.167. The summed E-state index contributed by atoms with van der Waals surface area (Å²) >= 11 is 0. The molecule has 1 heterocycles. The van der Waals surface area contributed by atoms with Gasteiger partial charge in [-0.1, -0.05) is 146 Å². The average Bonchev–Trinajstić information content (AvgIpc) is 3.24. The van der Waals surface area contributed by atoms with Crippen LogP contribution in [0.4, 0.5) is 0 Å². The third-order valence-electron chi connectivity index (χ3n) is 11.0. The van der Waals surface area contributed by atoms with Crippen molar-refractivity contribution in [3.05, 3.63) is 196 Å². The summed E-state index contributed by atoms with van der Waals surface area (Å²) in [4.78, 5) is 5.15. The van der Waals surface area contributed by atoms with Crippen molar-refractivity contribution in [2.75, 3.05) is 0 Å². The molecule has 0 aromatic heterocycles. The fourth-order valence-corrected chi connectivity index (χ4v) is 8.19. The molecular formula is C48H42N4O. The number of amidine groups is 1. The largest absolute Gasteiger partial charge is 0.458 e. The van der Waals surface area contributed by atoms with Crippen molar-refractivity contribution in [2.45, 2.75) is 38.0 Å². The summed E-state index contributed by atoms with van der Waals surface area (Å²) in [6, 6.07) is 37.5. The van der Waals surface area contributed by atoms with Gasteiger partial charge in [0.1, 0.15) is 5.84 Å². The van der Waals surface area contributed by atoms with Gasteiger partial charge in [0.15, 0.2) is 12.1 Å². The van der Waals surface area contributed by atoms with Crippen LogP contribution in [0, 0.1) is 17.2 Å². The van der Waals surface area contributed by atoms with E-state index in [1.807, 2.05) is 36.4 Å². The molecule has 9 rings (SSSR count). The van der Waals surface area contributed by atoms with Crippen molar-refractivity contribution in [1.82, 2.24) is 5.32 Å². The average molecular weight is 691 g/mol. The van der Waals surface area contributed by atoms with Crippen LogP contribution in [0.2, 0.25) is 0 Å². The van der Waals surface area contributed by atoms with Gasteiger partial charge in [0, 0.05) is 22.7 Å². The predicted octanol–water partition coefficient (Wildman–Crippen LogP) is 10.3. The Balaban J connectivity index is 1.00. The molecule has 5 heteroatoms. The minimum atomic E-state index is -0.645. The zero-order valence-corrected chi connectivity index (χ0v) is 29.6. The van der Waals surface area contributed by atoms with Gasteiger partial charge in [-0.05, 0) is 87.6 Å². The standard InChI is InChI=1S/C48H42N4O/c49-46(33-14-6-2-7-15-33)53-47(50)34-22-20-31(21-23-34)36-24-26-40-41-27-25-37(29-43(41)39-19-11-10-18-38(39)42(40)28-36)45-30-44(32-12-4-1-5-13-32)51-48(52-45)35-16-8-3-9-17-35/h1-9,11-17,19-22,24-27,29-30,34,36,44,46,50H,10,18,23,28,49H2,(H,51,52). The minimum Gasteiger partial charge on any atom is -0.458 e. The summed E-state index contributed by atoms with van der Waals surface area (Å²) in [7, 11) is 0. The highest BCUT2D eigenvalue weighted by Gasteiger charge is 2.27. The van der Waals surface area contributed by atoms with Crippen LogP contribution in [0.5, 0.6) is 0 Å². The lowest BCUT2D eigenvalue weighted by molar-refractivity contribution is 0.185. The number of nitrogens with one attached hydrogen (secondary N) is 2. The third-order valence-corrected chi connectivity index (χ3v) is 11.0. The van der Waals surface area contributed by atoms with Crippen molar-refractivity contribution >= 4 is 40.4 Å². The maximum Gasteiger partial charge on any atom is 0.190 e. The van der Waals surface area contributed by atoms with Crippen LogP contribution in [-0.4, -0.2) is 11.7 Å². The van der Waals surface area contributed by atoms with E-state index in [9.17, 15) is 0 Å². The molecule has 4 atom stereocenters. The van der Waals surface area contributed by atoms with Crippen LogP contribution in [0.3, 0.4) is 0 Å². The molecule has 4 N–H and O–H groups in total. The predicted molar refractivity (Wildman–Crippen MR) is 218 cm³/mol. The summed E-state index contributed by atoms with van der Waals surface area (Å²) in [5.74, 6) is 1.27. The molecule has 0 spiro atoms. The van der Waals surface area contributed by atoms with Gasteiger partial charge in [-0.3, -0.25) is 16.1 Å². The maximum absolute atomic E-state index is 8.61. The van der Waals surface area contributed by atoms with E-state index in [1.54, 1.807) is 0 Å². The van der Waals surface area contributed by atoms with E-state index in [0.717, 1.165) is 53.9 Å². The SMILES string of the molecule is N=C(OC(N)c1ccccc1)C1C=CC(C2C=Cc3c(c4c(c5cc(C6=CC(c7ccccc7)N=C(c7ccccc7)N6)ccc35)C=CCC4)C2)=CC1. The normalized spacial score (nSPS) is 20.7. The summed E-state index contributed by atoms with van der Waals surface area (Å²) in [5, 5.41) is 14.9. The number of hydrogen-bond donors (Lipinski definition) is 3. The quantitative estimate of drug-likeness (QED) is 0.0903. The molecule has 0 radical (unpaired) electrons. The second kappa shape index (κ2) is 14.2. The highest BCUT2D eigenvalue weighted by Crippen LogP contribution is 2.42. The van der Waals surface area contributed by atoms with Gasteiger partial charge in [-0.25, -0.2) is 0 Å². The number of hydrogen-bond acceptors (Lipinski definition) is 5. The molecule has 4 unspecified atom stereocenters. The van der Waals surface area contributed by atoms with E-state index in [0.29, 0.717) is 0 Å². The zero-order valence-electron chi connectivity index (χ0n) is 29.6. The highest BCUT2D eigenvalue weighted by molar-refractivity contribution is 6.06. The monoisotopic (exact) mass is 690 g/mol. The van der Waals surface area contributed by atoms with Crippen LogP contribution in [0.15, 0.2) is 156 Å². The summed E-state index contributed by atoms with van der Waals surface area (Å²) < 4.78 is 5.85. The summed E-state index contributed by atoms with van der Waals surface area (Å²) in [5.41, 5.74) is 18.6. The smallest absolute Gasteiger partial charge is 0.190 e. The molecule has 0 saturated carbocycles. The second-order valence-electron chi connectivity index (χ2n) is 14.3. The van der Waals surface area contributed by atoms with E-state index in [-0.39, 0.29) is 23.8 Å². The van der Waals surface area contributed by atoms with E-state index in [2.05, 4.69) is 127 Å². The lowest BCUT2D eigenvalue weighted by Crippen LogP contribution is -2.27. The lowest BCUT2D eigenvalue weighted by Gasteiger charge is -2.29. The number of nitrogens with two attached hydrogens (primary N) is 1. The van der Waals surface area contributed by atoms with E-state index >= 15 is 0 Å². The first-order chi connectivity index (χ1) is 26.1. The Hall–Kier alpha value is -6.04. The summed E-state index contributed by atoms with van der Waals surface area (Å²) in [6.45, 7) is 0. The van der Waals surface area contributed by atoms with E-state index in [1.165, 1.54) is 44.2 Å². The molecule has 0 amide bonds. The van der Waals surface area contributed by atoms with E-state index < -0.39 is 6.23 Å². The van der Waals surface area contributed by atoms with Crippen LogP contribution >= 0.6 is 0 Å². The molecule has 53 heavy (non-hydrogen) atoms. The molecular weight excluding hydrogens is 649 g/mol. The Morgan fingerprint density at radius 1 is 0.792 bits per heavy atom. The number of aliphatic imine (C=N–C) groups is 1. The molecule has 3 aliphatic carbocycles. The first kappa shape index (κ1) is 32.8. The topological polar surface area (TPSA) is 83.5 Å². The van der Waals surface area contributed by atoms with Gasteiger partial charge in [0.2, 0.25) is 0 Å². The molecule has 0 fully saturated rings. The Labute approximate surface area is 311 Å². The molecule has 0 saturated heterocycles. The zero-order chi connectivity index (χ0) is 35.7. The maximum atomic E-state index is 8.61. The number of allylic oxidation sites excluding steroid dienone is 5.